The Labute approximate surface area is 194 Å². The first kappa shape index (κ1) is 23.9. The monoisotopic (exact) mass is 461 g/mol. The molecule has 2 fully saturated rings. The number of carbonyl (C=O) groups is 2. The highest BCUT2D eigenvalue weighted by molar-refractivity contribution is 6.62. The number of hydrogen-bond acceptors (Lipinski definition) is 6. The van der Waals surface area contributed by atoms with Gasteiger partial charge in [0.1, 0.15) is 11.8 Å². The third-order valence-electron chi connectivity index (χ3n) is 6.87. The van der Waals surface area contributed by atoms with Crippen molar-refractivity contribution in [2.45, 2.75) is 83.9 Å². The topological polar surface area (TPSA) is 81.2 Å². The number of amides is 2. The van der Waals surface area contributed by atoms with Gasteiger partial charge in [-0.05, 0) is 54.5 Å². The average Bonchev–Trinajstić information content (AvgIpc) is 3.17. The maximum absolute atomic E-state index is 15.0. The third-order valence-corrected chi connectivity index (χ3v) is 6.87. The molecule has 3 aliphatic heterocycles. The lowest BCUT2D eigenvalue weighted by Crippen LogP contribution is -2.50. The van der Waals surface area contributed by atoms with E-state index in [0.29, 0.717) is 29.7 Å². The van der Waals surface area contributed by atoms with Crippen LogP contribution in [0.3, 0.4) is 0 Å². The molecule has 180 valence electrons. The summed E-state index contributed by atoms with van der Waals surface area (Å²) in [5, 5.41) is 0. The van der Waals surface area contributed by atoms with E-state index in [1.165, 1.54) is 9.80 Å². The van der Waals surface area contributed by atoms with Gasteiger partial charge in [0.05, 0.1) is 35.0 Å². The van der Waals surface area contributed by atoms with Crippen molar-refractivity contribution in [3.05, 3.63) is 23.5 Å². The van der Waals surface area contributed by atoms with Crippen LogP contribution in [0.25, 0.3) is 0 Å². The molecule has 4 heterocycles. The van der Waals surface area contributed by atoms with Crippen molar-refractivity contribution >= 4 is 24.6 Å². The first-order chi connectivity index (χ1) is 15.2. The molecule has 1 aromatic heterocycles. The zero-order valence-electron chi connectivity index (χ0n) is 20.5. The molecule has 0 N–H and O–H groups in total. The highest BCUT2D eigenvalue weighted by Crippen LogP contribution is 2.36. The zero-order chi connectivity index (χ0) is 24.3. The van der Waals surface area contributed by atoms with Gasteiger partial charge in [-0.2, -0.15) is 0 Å². The van der Waals surface area contributed by atoms with Crippen molar-refractivity contribution in [1.82, 2.24) is 14.8 Å². The molecule has 0 aromatic carbocycles. The van der Waals surface area contributed by atoms with Gasteiger partial charge in [0, 0.05) is 31.2 Å². The summed E-state index contributed by atoms with van der Waals surface area (Å²) in [6.07, 6.45) is 0.284. The van der Waals surface area contributed by atoms with Crippen molar-refractivity contribution in [2.24, 2.45) is 0 Å². The predicted octanol–water partition coefficient (Wildman–Crippen LogP) is 2.34. The van der Waals surface area contributed by atoms with Crippen molar-refractivity contribution in [2.75, 3.05) is 19.6 Å². The van der Waals surface area contributed by atoms with Crippen molar-refractivity contribution in [3.8, 4) is 0 Å². The predicted molar refractivity (Wildman–Crippen MR) is 121 cm³/mol. The van der Waals surface area contributed by atoms with E-state index in [0.717, 1.165) is 0 Å². The van der Waals surface area contributed by atoms with E-state index in [1.807, 2.05) is 27.7 Å². The van der Waals surface area contributed by atoms with Gasteiger partial charge in [-0.3, -0.25) is 9.78 Å². The fourth-order valence-electron chi connectivity index (χ4n) is 4.32. The van der Waals surface area contributed by atoms with E-state index in [-0.39, 0.29) is 19.0 Å². The molecular weight excluding hydrogens is 428 g/mol. The maximum Gasteiger partial charge on any atom is 0.496 e. The average molecular weight is 461 g/mol. The number of nitrogens with zero attached hydrogens (tertiary/aromatic N) is 3. The minimum atomic E-state index is -1.35. The molecule has 2 saturated heterocycles. The molecule has 2 atom stereocenters. The van der Waals surface area contributed by atoms with E-state index in [4.69, 9.17) is 14.0 Å². The summed E-state index contributed by atoms with van der Waals surface area (Å²) in [6.45, 7) is 13.5. The molecule has 0 radical (unpaired) electrons. The molecule has 0 aliphatic carbocycles. The number of hydrogen-bond donors (Lipinski definition) is 0. The van der Waals surface area contributed by atoms with Crippen molar-refractivity contribution in [1.29, 1.82) is 0 Å². The van der Waals surface area contributed by atoms with Gasteiger partial charge in [0.15, 0.2) is 0 Å². The molecule has 3 aliphatic rings. The van der Waals surface area contributed by atoms with E-state index in [1.54, 1.807) is 33.0 Å². The normalized spacial score (nSPS) is 26.5. The second-order valence-corrected chi connectivity index (χ2v) is 11.1. The summed E-state index contributed by atoms with van der Waals surface area (Å²) in [5.41, 5.74) is 0.0581. The van der Waals surface area contributed by atoms with Crippen LogP contribution >= 0.6 is 0 Å². The molecular formula is C23H33BFN3O5. The smallest absolute Gasteiger partial charge is 0.444 e. The highest BCUT2D eigenvalue weighted by Gasteiger charge is 2.52. The van der Waals surface area contributed by atoms with Crippen LogP contribution in [0, 0.1) is 0 Å². The summed E-state index contributed by atoms with van der Waals surface area (Å²) >= 11 is 0. The number of carbonyl (C=O) groups excluding carboxylic acids is 2. The summed E-state index contributed by atoms with van der Waals surface area (Å²) in [6, 6.07) is 1.02. The molecule has 2 amide bonds. The van der Waals surface area contributed by atoms with Crippen LogP contribution in [0.15, 0.2) is 12.3 Å². The van der Waals surface area contributed by atoms with E-state index in [9.17, 15) is 14.0 Å². The lowest BCUT2D eigenvalue weighted by molar-refractivity contribution is 0.00578. The van der Waals surface area contributed by atoms with Crippen molar-refractivity contribution in [3.63, 3.8) is 0 Å². The Hall–Kier alpha value is -2.20. The Morgan fingerprint density at radius 1 is 1.21 bits per heavy atom. The van der Waals surface area contributed by atoms with Crippen LogP contribution in [0.4, 0.5) is 9.18 Å². The lowest BCUT2D eigenvalue weighted by Gasteiger charge is -2.34. The highest BCUT2D eigenvalue weighted by atomic mass is 19.1. The Balaban J connectivity index is 1.52. The van der Waals surface area contributed by atoms with Gasteiger partial charge >= 0.3 is 13.2 Å². The van der Waals surface area contributed by atoms with Gasteiger partial charge in [-0.25, -0.2) is 9.18 Å². The summed E-state index contributed by atoms with van der Waals surface area (Å²) in [4.78, 5) is 33.1. The quantitative estimate of drug-likeness (QED) is 0.629. The molecule has 10 heteroatoms. The van der Waals surface area contributed by atoms with Crippen LogP contribution in [0.5, 0.6) is 0 Å². The maximum atomic E-state index is 15.0. The Morgan fingerprint density at radius 2 is 1.85 bits per heavy atom. The van der Waals surface area contributed by atoms with E-state index < -0.39 is 42.2 Å². The molecule has 0 bridgehead atoms. The molecule has 0 saturated carbocycles. The Morgan fingerprint density at radius 3 is 2.45 bits per heavy atom. The molecule has 0 spiro atoms. The van der Waals surface area contributed by atoms with Gasteiger partial charge in [-0.1, -0.05) is 0 Å². The molecule has 0 unspecified atom stereocenters. The van der Waals surface area contributed by atoms with E-state index >= 15 is 0 Å². The van der Waals surface area contributed by atoms with Gasteiger partial charge in [0.25, 0.3) is 5.91 Å². The molecule has 1 aromatic rings. The summed E-state index contributed by atoms with van der Waals surface area (Å²) in [5.74, 6) is -0.291. The fourth-order valence-corrected chi connectivity index (χ4v) is 4.32. The number of rotatable bonds is 2. The van der Waals surface area contributed by atoms with Crippen LogP contribution < -0.4 is 5.46 Å². The molecule has 4 rings (SSSR count). The van der Waals surface area contributed by atoms with Crippen LogP contribution in [-0.2, 0) is 20.5 Å². The number of aromatic nitrogens is 1. The van der Waals surface area contributed by atoms with Crippen LogP contribution in [-0.4, -0.2) is 82.6 Å². The SMILES string of the molecule is CC(C)(C)OC(=O)N1C[C@@H](F)[C@@H](N2CCc3ncc(B4OC(C)(C)C(C)(C)O4)cc3C2=O)C1. The number of alkyl halides is 1. The van der Waals surface area contributed by atoms with E-state index in [2.05, 4.69) is 4.98 Å². The Bertz CT molecular complexity index is 948. The number of halogens is 1. The zero-order valence-corrected chi connectivity index (χ0v) is 20.5. The minimum Gasteiger partial charge on any atom is -0.444 e. The second-order valence-electron chi connectivity index (χ2n) is 11.1. The number of likely N-dealkylation sites (tertiary alicyclic amines) is 1. The number of fused-ring (bicyclic) bond motifs is 1. The second kappa shape index (κ2) is 7.94. The number of pyridine rings is 1. The van der Waals surface area contributed by atoms with Gasteiger partial charge < -0.3 is 23.8 Å². The minimum absolute atomic E-state index is 0.0948. The standard InChI is InChI=1S/C23H33BFN3O5/c1-21(2,3)31-20(30)27-12-16(25)18(13-27)28-9-8-17-15(19(28)29)10-14(11-26-17)24-32-22(4,5)23(6,7)33-24/h10-11,16,18H,8-9,12-13H2,1-7H3/t16-,18+/m1/s1. The first-order valence-electron chi connectivity index (χ1n) is 11.5. The van der Waals surface area contributed by atoms with Crippen LogP contribution in [0.2, 0.25) is 0 Å². The van der Waals surface area contributed by atoms with Crippen molar-refractivity contribution < 1.29 is 28.0 Å². The van der Waals surface area contributed by atoms with Crippen LogP contribution in [0.1, 0.15) is 64.5 Å². The molecule has 33 heavy (non-hydrogen) atoms. The largest absolute Gasteiger partial charge is 0.496 e. The molecule has 8 nitrogen and oxygen atoms in total. The first-order valence-corrected chi connectivity index (χ1v) is 11.5. The third kappa shape index (κ3) is 4.47. The summed E-state index contributed by atoms with van der Waals surface area (Å²) in [7, 11) is -0.640. The van der Waals surface area contributed by atoms with Gasteiger partial charge in [0.2, 0.25) is 0 Å². The number of ether oxygens (including phenoxy) is 1. The summed E-state index contributed by atoms with van der Waals surface area (Å²) < 4.78 is 32.5. The lowest BCUT2D eigenvalue weighted by atomic mass is 9.79. The van der Waals surface area contributed by atoms with Gasteiger partial charge in [-0.15, -0.1) is 0 Å². The Kier molecular flexibility index (Phi) is 5.76. The fraction of sp³-hybridized carbons (Fsp3) is 0.696.